The summed E-state index contributed by atoms with van der Waals surface area (Å²) in [7, 11) is 0. The van der Waals surface area contributed by atoms with Crippen LogP contribution in [0.5, 0.6) is 0 Å². The number of carbonyl (C=O) groups excluding carboxylic acids is 1. The molecule has 0 spiro atoms. The molecule has 1 aliphatic heterocycles. The van der Waals surface area contributed by atoms with Crippen LogP contribution in [0.2, 0.25) is 0 Å². The van der Waals surface area contributed by atoms with Crippen molar-refractivity contribution in [2.24, 2.45) is 0 Å². The Balaban J connectivity index is 1.28. The number of hydrogen-bond donors (Lipinski definition) is 1. The van der Waals surface area contributed by atoms with Crippen molar-refractivity contribution in [1.82, 2.24) is 29.2 Å². The molecule has 0 radical (unpaired) electrons. The lowest BCUT2D eigenvalue weighted by atomic mass is 10.0. The summed E-state index contributed by atoms with van der Waals surface area (Å²) < 4.78 is 56.7. The van der Waals surface area contributed by atoms with Crippen molar-refractivity contribution in [3.05, 3.63) is 100 Å². The fraction of sp³-hybridized carbons (Fsp3) is 0.207. The number of nitrogens with one attached hydrogen (secondary N) is 1. The molecule has 13 heteroatoms. The molecule has 1 aliphatic rings. The molecule has 1 amide bonds. The molecule has 0 aliphatic carbocycles. The second-order valence-electron chi connectivity index (χ2n) is 9.90. The molecule has 42 heavy (non-hydrogen) atoms. The molecule has 0 unspecified atom stereocenters. The van der Waals surface area contributed by atoms with Gasteiger partial charge in [-0.2, -0.15) is 23.5 Å². The number of fused-ring (bicyclic) bond motifs is 1. The van der Waals surface area contributed by atoms with Gasteiger partial charge >= 0.3 is 11.9 Å². The number of nitriles is 1. The molecule has 2 aromatic carbocycles. The van der Waals surface area contributed by atoms with E-state index in [1.54, 1.807) is 46.0 Å². The molecular weight excluding hydrogens is 554 g/mol. The molecule has 0 bridgehead atoms. The monoisotopic (exact) mass is 575 g/mol. The van der Waals surface area contributed by atoms with Crippen molar-refractivity contribution in [2.45, 2.75) is 25.1 Å². The molecule has 212 valence electrons. The topological polar surface area (TPSA) is 113 Å². The maximum absolute atomic E-state index is 14.4. The van der Waals surface area contributed by atoms with Gasteiger partial charge in [-0.05, 0) is 61.4 Å². The van der Waals surface area contributed by atoms with Gasteiger partial charge in [-0.15, -0.1) is 0 Å². The van der Waals surface area contributed by atoms with Gasteiger partial charge in [-0.1, -0.05) is 0 Å². The molecule has 1 saturated heterocycles. The third-order valence-electron chi connectivity index (χ3n) is 7.35. The lowest BCUT2D eigenvalue weighted by Crippen LogP contribution is -2.40. The second-order valence-corrected chi connectivity index (χ2v) is 9.90. The average Bonchev–Trinajstić information content (AvgIpc) is 3.57. The number of piperidine rings is 1. The standard InChI is InChI=1S/C29H21F4N7O2/c30-22-13-20(4-5-21(22)29(31,32)33)40-26(18-2-1-9-35-16-18)14-24(37-40)27(41)38-10-7-19(8-11-38)39-25-6-3-17(15-34)12-23(25)36-28(39)42/h1-6,9,12-14,16,19H,7-8,10-11H2,(H,36,42). The minimum atomic E-state index is -4.86. The predicted molar refractivity (Wildman–Crippen MR) is 143 cm³/mol. The van der Waals surface area contributed by atoms with E-state index >= 15 is 0 Å². The summed E-state index contributed by atoms with van der Waals surface area (Å²) in [6, 6.07) is 14.2. The number of carbonyl (C=O) groups is 1. The van der Waals surface area contributed by atoms with Crippen LogP contribution in [-0.2, 0) is 6.18 Å². The predicted octanol–water partition coefficient (Wildman–Crippen LogP) is 5.08. The number of aromatic nitrogens is 5. The SMILES string of the molecule is N#Cc1ccc2c(c1)[nH]c(=O)n2C1CCN(C(=O)c2cc(-c3cccnc3)n(-c3ccc(C(F)(F)F)c(F)c3)n2)CC1. The van der Waals surface area contributed by atoms with E-state index in [0.29, 0.717) is 59.9 Å². The smallest absolute Gasteiger partial charge is 0.337 e. The van der Waals surface area contributed by atoms with E-state index in [1.165, 1.54) is 16.9 Å². The summed E-state index contributed by atoms with van der Waals surface area (Å²) in [6.07, 6.45) is -0.840. The van der Waals surface area contributed by atoms with Crippen LogP contribution in [0.3, 0.4) is 0 Å². The number of pyridine rings is 1. The first-order valence-corrected chi connectivity index (χ1v) is 13.0. The second kappa shape index (κ2) is 10.3. The minimum Gasteiger partial charge on any atom is -0.337 e. The van der Waals surface area contributed by atoms with Crippen molar-refractivity contribution >= 4 is 16.9 Å². The molecule has 0 saturated carbocycles. The van der Waals surface area contributed by atoms with Crippen LogP contribution in [0.25, 0.3) is 28.0 Å². The lowest BCUT2D eigenvalue weighted by Gasteiger charge is -2.32. The van der Waals surface area contributed by atoms with Gasteiger partial charge in [0.25, 0.3) is 5.91 Å². The van der Waals surface area contributed by atoms with Crippen molar-refractivity contribution in [3.63, 3.8) is 0 Å². The van der Waals surface area contributed by atoms with Gasteiger partial charge in [0.05, 0.1) is 39.6 Å². The van der Waals surface area contributed by atoms with Gasteiger partial charge in [-0.25, -0.2) is 13.9 Å². The van der Waals surface area contributed by atoms with Gasteiger partial charge in [0.15, 0.2) is 5.69 Å². The number of amides is 1. The summed E-state index contributed by atoms with van der Waals surface area (Å²) in [5, 5.41) is 13.5. The van der Waals surface area contributed by atoms with E-state index in [0.717, 1.165) is 12.1 Å². The van der Waals surface area contributed by atoms with E-state index < -0.39 is 23.5 Å². The third-order valence-corrected chi connectivity index (χ3v) is 7.35. The Labute approximate surface area is 235 Å². The fourth-order valence-electron chi connectivity index (χ4n) is 5.32. The molecule has 5 aromatic rings. The maximum Gasteiger partial charge on any atom is 0.419 e. The Morgan fingerprint density at radius 3 is 2.52 bits per heavy atom. The van der Waals surface area contributed by atoms with Crippen molar-refractivity contribution in [1.29, 1.82) is 5.26 Å². The van der Waals surface area contributed by atoms with E-state index in [9.17, 15) is 27.2 Å². The van der Waals surface area contributed by atoms with Gasteiger partial charge in [0.2, 0.25) is 0 Å². The zero-order valence-electron chi connectivity index (χ0n) is 21.8. The van der Waals surface area contributed by atoms with Crippen molar-refractivity contribution in [3.8, 4) is 23.0 Å². The number of benzene rings is 2. The normalized spacial score (nSPS) is 14.3. The average molecular weight is 576 g/mol. The summed E-state index contributed by atoms with van der Waals surface area (Å²) in [5.74, 6) is -1.87. The Bertz CT molecular complexity index is 1910. The van der Waals surface area contributed by atoms with Crippen LogP contribution in [0, 0.1) is 17.1 Å². The first-order chi connectivity index (χ1) is 20.1. The summed E-state index contributed by atoms with van der Waals surface area (Å²) in [5.41, 5.74) is 0.882. The van der Waals surface area contributed by atoms with Crippen LogP contribution in [0.15, 0.2) is 71.8 Å². The Hall–Kier alpha value is -5.25. The molecule has 3 aromatic heterocycles. The molecule has 1 N–H and O–H groups in total. The number of halogens is 4. The highest BCUT2D eigenvalue weighted by atomic mass is 19.4. The highest BCUT2D eigenvalue weighted by Crippen LogP contribution is 2.33. The summed E-state index contributed by atoms with van der Waals surface area (Å²) in [4.78, 5) is 34.7. The van der Waals surface area contributed by atoms with Crippen LogP contribution in [0.4, 0.5) is 17.6 Å². The largest absolute Gasteiger partial charge is 0.419 e. The number of H-pyrrole nitrogens is 1. The van der Waals surface area contributed by atoms with E-state index in [4.69, 9.17) is 5.26 Å². The van der Waals surface area contributed by atoms with Crippen LogP contribution in [-0.4, -0.2) is 48.2 Å². The summed E-state index contributed by atoms with van der Waals surface area (Å²) in [6.45, 7) is 0.645. The van der Waals surface area contributed by atoms with E-state index in [2.05, 4.69) is 15.1 Å². The number of hydrogen-bond acceptors (Lipinski definition) is 5. The minimum absolute atomic E-state index is 0.00961. The number of rotatable bonds is 4. The molecular formula is C29H21F4N7O2. The fourth-order valence-corrected chi connectivity index (χ4v) is 5.32. The maximum atomic E-state index is 14.4. The molecule has 4 heterocycles. The van der Waals surface area contributed by atoms with Crippen molar-refractivity contribution in [2.75, 3.05) is 13.1 Å². The Morgan fingerprint density at radius 1 is 1.07 bits per heavy atom. The number of likely N-dealkylation sites (tertiary alicyclic amines) is 1. The van der Waals surface area contributed by atoms with E-state index in [-0.39, 0.29) is 23.1 Å². The van der Waals surface area contributed by atoms with Crippen LogP contribution >= 0.6 is 0 Å². The quantitative estimate of drug-likeness (QED) is 0.300. The van der Waals surface area contributed by atoms with Gasteiger partial charge in [-0.3, -0.25) is 14.3 Å². The lowest BCUT2D eigenvalue weighted by molar-refractivity contribution is -0.140. The Kier molecular flexibility index (Phi) is 6.61. The number of aromatic amines is 1. The molecule has 9 nitrogen and oxygen atoms in total. The first kappa shape index (κ1) is 26.9. The first-order valence-electron chi connectivity index (χ1n) is 13.0. The molecule has 0 atom stereocenters. The Morgan fingerprint density at radius 2 is 1.86 bits per heavy atom. The number of nitrogens with zero attached hydrogens (tertiary/aromatic N) is 6. The van der Waals surface area contributed by atoms with Crippen LogP contribution < -0.4 is 5.69 Å². The highest BCUT2D eigenvalue weighted by Gasteiger charge is 2.34. The molecule has 1 fully saturated rings. The molecule has 6 rings (SSSR count). The van der Waals surface area contributed by atoms with E-state index in [1.807, 2.05) is 6.07 Å². The number of imidazole rings is 1. The van der Waals surface area contributed by atoms with Crippen molar-refractivity contribution < 1.29 is 22.4 Å². The zero-order chi connectivity index (χ0) is 29.6. The highest BCUT2D eigenvalue weighted by molar-refractivity contribution is 5.93. The zero-order valence-corrected chi connectivity index (χ0v) is 21.8. The summed E-state index contributed by atoms with van der Waals surface area (Å²) >= 11 is 0. The number of alkyl halides is 3. The van der Waals surface area contributed by atoms with Gasteiger partial charge in [0, 0.05) is 43.2 Å². The van der Waals surface area contributed by atoms with Crippen LogP contribution in [0.1, 0.15) is 40.5 Å². The van der Waals surface area contributed by atoms with Gasteiger partial charge < -0.3 is 9.88 Å². The third kappa shape index (κ3) is 4.81. The van der Waals surface area contributed by atoms with Gasteiger partial charge in [0.1, 0.15) is 5.82 Å².